The minimum absolute atomic E-state index is 0.416. The van der Waals surface area contributed by atoms with Gasteiger partial charge in [0.2, 0.25) is 0 Å². The fourth-order valence-electron chi connectivity index (χ4n) is 3.05. The Morgan fingerprint density at radius 3 is 2.05 bits per heavy atom. The molecular formula is C20H27N. The van der Waals surface area contributed by atoms with E-state index in [1.165, 1.54) is 39.8 Å². The maximum absolute atomic E-state index is 3.54. The molecule has 2 aromatic carbocycles. The van der Waals surface area contributed by atoms with Crippen LogP contribution in [0.2, 0.25) is 0 Å². The predicted octanol–water partition coefficient (Wildman–Crippen LogP) is 5.34. The van der Waals surface area contributed by atoms with E-state index in [1.54, 1.807) is 0 Å². The Bertz CT molecular complexity index is 573. The van der Waals surface area contributed by atoms with E-state index < -0.39 is 0 Å². The van der Waals surface area contributed by atoms with Gasteiger partial charge in [-0.2, -0.15) is 0 Å². The van der Waals surface area contributed by atoms with Crippen LogP contribution in [0.15, 0.2) is 36.4 Å². The van der Waals surface area contributed by atoms with E-state index in [2.05, 4.69) is 76.3 Å². The van der Waals surface area contributed by atoms with Crippen LogP contribution in [0.3, 0.4) is 0 Å². The molecule has 21 heavy (non-hydrogen) atoms. The summed E-state index contributed by atoms with van der Waals surface area (Å²) >= 11 is 0. The first-order chi connectivity index (χ1) is 10.0. The van der Waals surface area contributed by atoms with Crippen molar-refractivity contribution in [1.82, 2.24) is 5.32 Å². The molecule has 0 spiro atoms. The number of benzene rings is 2. The Morgan fingerprint density at radius 2 is 1.52 bits per heavy atom. The standard InChI is InChI=1S/C20H27N/c1-6-11-21-17(5)18-7-9-19(10-8-18)20-15(3)12-14(2)13-16(20)4/h7-10,12-13,17,21H,6,11H2,1-5H3. The molecule has 2 rings (SSSR count). The van der Waals surface area contributed by atoms with E-state index in [9.17, 15) is 0 Å². The summed E-state index contributed by atoms with van der Waals surface area (Å²) in [6.07, 6.45) is 1.17. The Morgan fingerprint density at radius 1 is 0.952 bits per heavy atom. The molecule has 1 nitrogen and oxygen atoms in total. The zero-order valence-corrected chi connectivity index (χ0v) is 14.0. The lowest BCUT2D eigenvalue weighted by molar-refractivity contribution is 0.571. The lowest BCUT2D eigenvalue weighted by Crippen LogP contribution is -2.19. The summed E-state index contributed by atoms with van der Waals surface area (Å²) in [6, 6.07) is 14.0. The molecule has 0 saturated heterocycles. The second kappa shape index (κ2) is 6.91. The molecule has 0 fully saturated rings. The molecule has 0 radical (unpaired) electrons. The molecule has 0 aliphatic carbocycles. The van der Waals surface area contributed by atoms with Gasteiger partial charge in [-0.1, -0.05) is 48.9 Å². The molecule has 0 bridgehead atoms. The maximum atomic E-state index is 3.54. The molecule has 112 valence electrons. The number of nitrogens with one attached hydrogen (secondary N) is 1. The van der Waals surface area contributed by atoms with E-state index in [1.807, 2.05) is 0 Å². The Hall–Kier alpha value is -1.60. The highest BCUT2D eigenvalue weighted by atomic mass is 14.9. The van der Waals surface area contributed by atoms with Crippen molar-refractivity contribution in [2.24, 2.45) is 0 Å². The zero-order chi connectivity index (χ0) is 15.4. The first-order valence-electron chi connectivity index (χ1n) is 7.94. The molecule has 1 atom stereocenters. The van der Waals surface area contributed by atoms with Crippen LogP contribution in [-0.2, 0) is 0 Å². The highest BCUT2D eigenvalue weighted by molar-refractivity contribution is 5.71. The van der Waals surface area contributed by atoms with Gasteiger partial charge in [-0.25, -0.2) is 0 Å². The van der Waals surface area contributed by atoms with Crippen LogP contribution in [0.1, 0.15) is 48.6 Å². The minimum Gasteiger partial charge on any atom is -0.310 e. The van der Waals surface area contributed by atoms with Crippen LogP contribution >= 0.6 is 0 Å². The molecule has 0 saturated carbocycles. The van der Waals surface area contributed by atoms with Crippen molar-refractivity contribution >= 4 is 0 Å². The summed E-state index contributed by atoms with van der Waals surface area (Å²) in [6.45, 7) is 12.1. The quantitative estimate of drug-likeness (QED) is 0.780. The average Bonchev–Trinajstić information content (AvgIpc) is 2.44. The third-order valence-electron chi connectivity index (χ3n) is 4.08. The van der Waals surface area contributed by atoms with Gasteiger partial charge in [-0.15, -0.1) is 0 Å². The number of rotatable bonds is 5. The molecule has 0 aliphatic rings. The first-order valence-corrected chi connectivity index (χ1v) is 7.94. The van der Waals surface area contributed by atoms with Crippen LogP contribution in [0.25, 0.3) is 11.1 Å². The fourth-order valence-corrected chi connectivity index (χ4v) is 3.05. The van der Waals surface area contributed by atoms with Gasteiger partial charge in [0.05, 0.1) is 0 Å². The lowest BCUT2D eigenvalue weighted by Gasteiger charge is -2.16. The molecule has 0 aromatic heterocycles. The second-order valence-electron chi connectivity index (χ2n) is 6.07. The van der Waals surface area contributed by atoms with Crippen molar-refractivity contribution in [3.8, 4) is 11.1 Å². The highest BCUT2D eigenvalue weighted by Crippen LogP contribution is 2.29. The topological polar surface area (TPSA) is 12.0 Å². The highest BCUT2D eigenvalue weighted by Gasteiger charge is 2.08. The largest absolute Gasteiger partial charge is 0.310 e. The molecule has 0 amide bonds. The normalized spacial score (nSPS) is 12.4. The van der Waals surface area contributed by atoms with Gasteiger partial charge in [0.1, 0.15) is 0 Å². The van der Waals surface area contributed by atoms with E-state index in [-0.39, 0.29) is 0 Å². The zero-order valence-electron chi connectivity index (χ0n) is 14.0. The van der Waals surface area contributed by atoms with Gasteiger partial charge in [-0.3, -0.25) is 0 Å². The van der Waals surface area contributed by atoms with Crippen molar-refractivity contribution < 1.29 is 0 Å². The molecule has 0 aliphatic heterocycles. The van der Waals surface area contributed by atoms with E-state index in [0.29, 0.717) is 6.04 Å². The SMILES string of the molecule is CCCNC(C)c1ccc(-c2c(C)cc(C)cc2C)cc1. The third kappa shape index (κ3) is 3.74. The van der Waals surface area contributed by atoms with Crippen molar-refractivity contribution in [1.29, 1.82) is 0 Å². The van der Waals surface area contributed by atoms with Crippen molar-refractivity contribution in [2.75, 3.05) is 6.54 Å². The number of aryl methyl sites for hydroxylation is 3. The summed E-state index contributed by atoms with van der Waals surface area (Å²) in [7, 11) is 0. The van der Waals surface area contributed by atoms with Gasteiger partial charge in [-0.05, 0) is 68.5 Å². The molecule has 0 heterocycles. The Balaban J connectivity index is 2.27. The maximum Gasteiger partial charge on any atom is 0.0291 e. The minimum atomic E-state index is 0.416. The predicted molar refractivity (Wildman–Crippen MR) is 92.8 cm³/mol. The van der Waals surface area contributed by atoms with Gasteiger partial charge < -0.3 is 5.32 Å². The second-order valence-corrected chi connectivity index (χ2v) is 6.07. The molecule has 2 aromatic rings. The van der Waals surface area contributed by atoms with E-state index in [0.717, 1.165) is 6.54 Å². The van der Waals surface area contributed by atoms with Crippen LogP contribution in [0.4, 0.5) is 0 Å². The van der Waals surface area contributed by atoms with Gasteiger partial charge in [0.25, 0.3) is 0 Å². The fraction of sp³-hybridized carbons (Fsp3) is 0.400. The Kier molecular flexibility index (Phi) is 5.19. The number of hydrogen-bond donors (Lipinski definition) is 1. The van der Waals surface area contributed by atoms with Crippen molar-refractivity contribution in [3.63, 3.8) is 0 Å². The van der Waals surface area contributed by atoms with Crippen LogP contribution in [0, 0.1) is 20.8 Å². The number of hydrogen-bond acceptors (Lipinski definition) is 1. The molecular weight excluding hydrogens is 254 g/mol. The van der Waals surface area contributed by atoms with E-state index >= 15 is 0 Å². The monoisotopic (exact) mass is 281 g/mol. The van der Waals surface area contributed by atoms with Gasteiger partial charge >= 0.3 is 0 Å². The van der Waals surface area contributed by atoms with Crippen molar-refractivity contribution in [2.45, 2.75) is 47.1 Å². The smallest absolute Gasteiger partial charge is 0.0291 e. The molecule has 1 unspecified atom stereocenters. The summed E-state index contributed by atoms with van der Waals surface area (Å²) in [5.74, 6) is 0. The van der Waals surface area contributed by atoms with Crippen LogP contribution in [0.5, 0.6) is 0 Å². The van der Waals surface area contributed by atoms with Gasteiger partial charge in [0, 0.05) is 6.04 Å². The lowest BCUT2D eigenvalue weighted by atomic mass is 9.93. The van der Waals surface area contributed by atoms with Crippen LogP contribution in [-0.4, -0.2) is 6.54 Å². The molecule has 1 N–H and O–H groups in total. The first kappa shape index (κ1) is 15.8. The summed E-state index contributed by atoms with van der Waals surface area (Å²) in [5, 5.41) is 3.54. The summed E-state index contributed by atoms with van der Waals surface area (Å²) in [5.41, 5.74) is 8.10. The van der Waals surface area contributed by atoms with Crippen molar-refractivity contribution in [3.05, 3.63) is 58.7 Å². The molecule has 1 heteroatoms. The Labute approximate surface area is 129 Å². The third-order valence-corrected chi connectivity index (χ3v) is 4.08. The average molecular weight is 281 g/mol. The summed E-state index contributed by atoms with van der Waals surface area (Å²) < 4.78 is 0. The van der Waals surface area contributed by atoms with Crippen LogP contribution < -0.4 is 5.32 Å². The van der Waals surface area contributed by atoms with E-state index in [4.69, 9.17) is 0 Å². The van der Waals surface area contributed by atoms with Gasteiger partial charge in [0.15, 0.2) is 0 Å². The summed E-state index contributed by atoms with van der Waals surface area (Å²) in [4.78, 5) is 0.